The summed E-state index contributed by atoms with van der Waals surface area (Å²) >= 11 is 0. The Balaban J connectivity index is 1.77. The fourth-order valence-corrected chi connectivity index (χ4v) is 3.35. The maximum atomic E-state index is 5.93. The Hall–Kier alpha value is -0.340. The highest BCUT2D eigenvalue weighted by molar-refractivity contribution is 5.12. The summed E-state index contributed by atoms with van der Waals surface area (Å²) in [5.74, 6) is 0. The number of fused-ring (bicyclic) bond motifs is 2. The van der Waals surface area contributed by atoms with E-state index in [0.29, 0.717) is 18.3 Å². The van der Waals surface area contributed by atoms with Gasteiger partial charge in [0.1, 0.15) is 0 Å². The van der Waals surface area contributed by atoms with Gasteiger partial charge in [-0.3, -0.25) is 0 Å². The van der Waals surface area contributed by atoms with Gasteiger partial charge in [-0.15, -0.1) is 0 Å². The molecule has 0 saturated carbocycles. The third-order valence-electron chi connectivity index (χ3n) is 4.76. The van der Waals surface area contributed by atoms with Crippen molar-refractivity contribution in [2.75, 3.05) is 0 Å². The second-order valence-corrected chi connectivity index (χ2v) is 7.00. The Labute approximate surface area is 104 Å². The van der Waals surface area contributed by atoms with Crippen LogP contribution in [0.2, 0.25) is 0 Å². The average Bonchev–Trinajstić information content (AvgIpc) is 3.05. The molecule has 3 rings (SSSR count). The first-order valence-corrected chi connectivity index (χ1v) is 6.90. The molecule has 4 atom stereocenters. The molecule has 17 heavy (non-hydrogen) atoms. The van der Waals surface area contributed by atoms with E-state index in [0.717, 1.165) is 19.3 Å². The fraction of sp³-hybridized carbons (Fsp3) is 0.867. The lowest BCUT2D eigenvalue weighted by Crippen LogP contribution is -2.25. The highest BCUT2D eigenvalue weighted by Gasteiger charge is 2.57. The topological polar surface area (TPSA) is 25.1 Å². The van der Waals surface area contributed by atoms with E-state index in [1.807, 2.05) is 0 Å². The molecule has 0 aromatic rings. The Kier molecular flexibility index (Phi) is 2.47. The predicted molar refractivity (Wildman–Crippen MR) is 67.9 cm³/mol. The molecule has 3 aliphatic rings. The molecule has 0 amide bonds. The van der Waals surface area contributed by atoms with Crippen molar-refractivity contribution >= 4 is 0 Å². The Morgan fingerprint density at radius 1 is 1.29 bits per heavy atom. The van der Waals surface area contributed by atoms with Crippen LogP contribution in [0.4, 0.5) is 0 Å². The molecule has 0 aromatic carbocycles. The summed E-state index contributed by atoms with van der Waals surface area (Å²) in [6.07, 6.45) is 8.31. The van der Waals surface area contributed by atoms with E-state index in [2.05, 4.69) is 33.8 Å². The second kappa shape index (κ2) is 3.58. The summed E-state index contributed by atoms with van der Waals surface area (Å²) in [4.78, 5) is 0. The molecular formula is C15H24O2. The van der Waals surface area contributed by atoms with E-state index in [4.69, 9.17) is 9.47 Å². The van der Waals surface area contributed by atoms with Crippen molar-refractivity contribution in [2.45, 2.75) is 77.3 Å². The summed E-state index contributed by atoms with van der Waals surface area (Å²) in [7, 11) is 0. The molecule has 0 N–H and O–H groups in total. The van der Waals surface area contributed by atoms with Gasteiger partial charge in [-0.05, 0) is 44.9 Å². The van der Waals surface area contributed by atoms with Gasteiger partial charge in [0.05, 0.1) is 23.9 Å². The van der Waals surface area contributed by atoms with Gasteiger partial charge in [0, 0.05) is 0 Å². The molecule has 0 spiro atoms. The molecule has 2 fully saturated rings. The van der Waals surface area contributed by atoms with Crippen LogP contribution in [-0.2, 0) is 9.47 Å². The van der Waals surface area contributed by atoms with Crippen molar-refractivity contribution in [2.24, 2.45) is 5.41 Å². The van der Waals surface area contributed by atoms with Crippen LogP contribution < -0.4 is 0 Å². The van der Waals surface area contributed by atoms with Crippen LogP contribution in [0.15, 0.2) is 11.6 Å². The molecule has 2 aliphatic heterocycles. The number of ether oxygens (including phenoxy) is 2. The zero-order valence-corrected chi connectivity index (χ0v) is 11.5. The molecule has 2 heteroatoms. The van der Waals surface area contributed by atoms with Crippen LogP contribution in [0.3, 0.4) is 0 Å². The molecular weight excluding hydrogens is 212 g/mol. The fourth-order valence-electron chi connectivity index (χ4n) is 3.35. The molecule has 96 valence electrons. The van der Waals surface area contributed by atoms with Crippen LogP contribution in [0.5, 0.6) is 0 Å². The van der Waals surface area contributed by atoms with Gasteiger partial charge in [0.25, 0.3) is 0 Å². The van der Waals surface area contributed by atoms with Gasteiger partial charge in [-0.25, -0.2) is 0 Å². The lowest BCUT2D eigenvalue weighted by Gasteiger charge is -2.22. The van der Waals surface area contributed by atoms with Crippen molar-refractivity contribution in [3.8, 4) is 0 Å². The van der Waals surface area contributed by atoms with Crippen LogP contribution >= 0.6 is 0 Å². The van der Waals surface area contributed by atoms with E-state index in [-0.39, 0.29) is 11.0 Å². The summed E-state index contributed by atoms with van der Waals surface area (Å²) in [6.45, 7) is 9.16. The molecule has 2 heterocycles. The van der Waals surface area contributed by atoms with E-state index < -0.39 is 0 Å². The van der Waals surface area contributed by atoms with E-state index in [1.165, 1.54) is 12.0 Å². The third-order valence-corrected chi connectivity index (χ3v) is 4.76. The van der Waals surface area contributed by atoms with Crippen molar-refractivity contribution < 1.29 is 9.47 Å². The lowest BCUT2D eigenvalue weighted by molar-refractivity contribution is 0.202. The minimum absolute atomic E-state index is 0.142. The standard InChI is InChI=1S/C15H24O2/c1-10-6-5-7-15(4)12(17-15)9-14(2,3)13-11(8-10)16-13/h6,11-13H,5,7-9H2,1-4H3/b10-6+/t11-,12-,13+,15-/m0/s1. The quantitative estimate of drug-likeness (QED) is 0.475. The molecule has 0 unspecified atom stereocenters. The molecule has 1 aliphatic carbocycles. The number of hydrogen-bond donors (Lipinski definition) is 0. The molecule has 2 nitrogen and oxygen atoms in total. The molecule has 0 aromatic heterocycles. The zero-order chi connectivity index (χ0) is 12.3. The SMILES string of the molecule is C/C1=C\CC[C@]2(C)O[C@H]2CC(C)(C)[C@@H]2O[C@H]2C1. The minimum Gasteiger partial charge on any atom is -0.369 e. The van der Waals surface area contributed by atoms with Crippen molar-refractivity contribution in [1.82, 2.24) is 0 Å². The van der Waals surface area contributed by atoms with Gasteiger partial charge in [-0.2, -0.15) is 0 Å². The monoisotopic (exact) mass is 236 g/mol. The Morgan fingerprint density at radius 2 is 2.06 bits per heavy atom. The van der Waals surface area contributed by atoms with Gasteiger partial charge in [0.15, 0.2) is 0 Å². The smallest absolute Gasteiger partial charge is 0.0923 e. The molecule has 0 radical (unpaired) electrons. The summed E-state index contributed by atoms with van der Waals surface area (Å²) < 4.78 is 11.8. The second-order valence-electron chi connectivity index (χ2n) is 7.00. The van der Waals surface area contributed by atoms with Crippen molar-refractivity contribution in [3.63, 3.8) is 0 Å². The Bertz CT molecular complexity index is 358. The van der Waals surface area contributed by atoms with E-state index in [9.17, 15) is 0 Å². The van der Waals surface area contributed by atoms with Crippen LogP contribution in [0.1, 0.15) is 53.4 Å². The summed E-state index contributed by atoms with van der Waals surface area (Å²) in [5, 5.41) is 0. The average molecular weight is 236 g/mol. The van der Waals surface area contributed by atoms with Gasteiger partial charge in [-0.1, -0.05) is 25.5 Å². The number of allylic oxidation sites excluding steroid dienone is 1. The van der Waals surface area contributed by atoms with Gasteiger partial charge < -0.3 is 9.47 Å². The van der Waals surface area contributed by atoms with Gasteiger partial charge >= 0.3 is 0 Å². The largest absolute Gasteiger partial charge is 0.369 e. The highest BCUT2D eigenvalue weighted by Crippen LogP contribution is 2.52. The lowest BCUT2D eigenvalue weighted by atomic mass is 9.80. The number of epoxide rings is 2. The summed E-state index contributed by atoms with van der Waals surface area (Å²) in [6, 6.07) is 0. The molecule has 2 saturated heterocycles. The zero-order valence-electron chi connectivity index (χ0n) is 11.5. The van der Waals surface area contributed by atoms with Crippen LogP contribution in [0.25, 0.3) is 0 Å². The number of rotatable bonds is 0. The first-order chi connectivity index (χ1) is 7.91. The molecule has 0 bridgehead atoms. The Morgan fingerprint density at radius 3 is 2.82 bits per heavy atom. The highest BCUT2D eigenvalue weighted by atomic mass is 16.6. The maximum absolute atomic E-state index is 5.93. The van der Waals surface area contributed by atoms with Crippen molar-refractivity contribution in [1.29, 1.82) is 0 Å². The van der Waals surface area contributed by atoms with E-state index in [1.54, 1.807) is 0 Å². The van der Waals surface area contributed by atoms with Crippen LogP contribution in [-0.4, -0.2) is 23.9 Å². The third kappa shape index (κ3) is 2.17. The van der Waals surface area contributed by atoms with Gasteiger partial charge in [0.2, 0.25) is 0 Å². The first kappa shape index (κ1) is 11.7. The van der Waals surface area contributed by atoms with Crippen molar-refractivity contribution in [3.05, 3.63) is 11.6 Å². The first-order valence-electron chi connectivity index (χ1n) is 6.90. The van der Waals surface area contributed by atoms with E-state index >= 15 is 0 Å². The van der Waals surface area contributed by atoms with Crippen LogP contribution in [0, 0.1) is 5.41 Å². The number of hydrogen-bond acceptors (Lipinski definition) is 2. The minimum atomic E-state index is 0.142. The normalized spacial score (nSPS) is 51.3. The predicted octanol–water partition coefficient (Wildman–Crippen LogP) is 3.46. The summed E-state index contributed by atoms with van der Waals surface area (Å²) in [5.41, 5.74) is 1.89. The maximum Gasteiger partial charge on any atom is 0.0923 e.